The number of hydrogen-bond acceptors (Lipinski definition) is 3. The topological polar surface area (TPSA) is 59.1 Å². The number of sulfonamides is 1. The highest BCUT2D eigenvalue weighted by Gasteiger charge is 2.28. The summed E-state index contributed by atoms with van der Waals surface area (Å²) in [4.78, 5) is 3.60. The van der Waals surface area contributed by atoms with E-state index in [1.54, 1.807) is 0 Å². The summed E-state index contributed by atoms with van der Waals surface area (Å²) in [5.74, 6) is -0.477. The minimum Gasteiger partial charge on any atom is -0.241 e. The van der Waals surface area contributed by atoms with Gasteiger partial charge in [0, 0.05) is 12.2 Å². The molecule has 1 atom stereocenters. The van der Waals surface area contributed by atoms with Crippen LogP contribution < -0.4 is 4.72 Å². The highest BCUT2D eigenvalue weighted by Crippen LogP contribution is 2.28. The molecule has 0 saturated heterocycles. The molecule has 6 heteroatoms. The Morgan fingerprint density at radius 1 is 1.44 bits per heavy atom. The van der Waals surface area contributed by atoms with Crippen LogP contribution in [0.15, 0.2) is 23.4 Å². The van der Waals surface area contributed by atoms with Gasteiger partial charge in [0.2, 0.25) is 5.03 Å². The molecule has 0 radical (unpaired) electrons. The summed E-state index contributed by atoms with van der Waals surface area (Å²) in [6.45, 7) is 1.83. The molecule has 2 rings (SSSR count). The smallest absolute Gasteiger partial charge is 0.241 e. The number of pyridine rings is 1. The lowest BCUT2D eigenvalue weighted by molar-refractivity contribution is 0.421. The third-order valence-corrected chi connectivity index (χ3v) is 4.92. The Hall–Kier alpha value is -1.01. The van der Waals surface area contributed by atoms with Crippen LogP contribution in [-0.2, 0) is 10.0 Å². The first kappa shape index (κ1) is 13.4. The fourth-order valence-corrected chi connectivity index (χ4v) is 3.74. The molecule has 0 bridgehead atoms. The molecule has 0 spiro atoms. The number of nitrogens with zero attached hydrogens (tertiary/aromatic N) is 1. The van der Waals surface area contributed by atoms with Crippen molar-refractivity contribution in [2.24, 2.45) is 5.92 Å². The van der Waals surface area contributed by atoms with Crippen molar-refractivity contribution in [2.75, 3.05) is 0 Å². The molecule has 1 N–H and O–H groups in total. The zero-order chi connectivity index (χ0) is 13.2. The first-order valence-corrected chi connectivity index (χ1v) is 7.62. The maximum absolute atomic E-state index is 13.4. The van der Waals surface area contributed by atoms with E-state index in [4.69, 9.17) is 0 Å². The fourth-order valence-electron chi connectivity index (χ4n) is 2.42. The second-order valence-electron chi connectivity index (χ2n) is 4.74. The Morgan fingerprint density at radius 3 is 2.72 bits per heavy atom. The third kappa shape index (κ3) is 2.87. The Labute approximate surface area is 107 Å². The molecule has 1 aromatic rings. The normalized spacial score (nSPS) is 19.0. The Bertz CT molecular complexity index is 513. The molecule has 4 nitrogen and oxygen atoms in total. The van der Waals surface area contributed by atoms with E-state index in [9.17, 15) is 12.8 Å². The molecule has 1 heterocycles. The van der Waals surface area contributed by atoms with Gasteiger partial charge in [-0.2, -0.15) is 0 Å². The molecule has 0 aromatic carbocycles. The molecule has 1 saturated carbocycles. The molecule has 1 fully saturated rings. The van der Waals surface area contributed by atoms with Crippen LogP contribution >= 0.6 is 0 Å². The summed E-state index contributed by atoms with van der Waals surface area (Å²) >= 11 is 0. The lowest BCUT2D eigenvalue weighted by Gasteiger charge is -2.19. The largest absolute Gasteiger partial charge is 0.261 e. The van der Waals surface area contributed by atoms with E-state index in [-0.39, 0.29) is 6.04 Å². The van der Waals surface area contributed by atoms with Crippen LogP contribution in [0.2, 0.25) is 0 Å². The molecule has 1 aliphatic rings. The van der Waals surface area contributed by atoms with Crippen molar-refractivity contribution in [2.45, 2.75) is 43.7 Å². The standard InChI is InChI=1S/C12H17FN2O2S/c1-9(10-5-2-3-6-10)15-18(16,17)12-11(13)7-4-8-14-12/h4,7-10,15H,2-3,5-6H2,1H3. The van der Waals surface area contributed by atoms with E-state index in [1.165, 1.54) is 12.3 Å². The van der Waals surface area contributed by atoms with E-state index in [1.807, 2.05) is 6.92 Å². The Balaban J connectivity index is 2.14. The predicted octanol–water partition coefficient (Wildman–Crippen LogP) is 2.08. The zero-order valence-electron chi connectivity index (χ0n) is 10.3. The molecule has 1 aliphatic carbocycles. The molecule has 1 unspecified atom stereocenters. The molecule has 100 valence electrons. The third-order valence-electron chi connectivity index (χ3n) is 3.43. The van der Waals surface area contributed by atoms with Crippen LogP contribution in [0.4, 0.5) is 4.39 Å². The van der Waals surface area contributed by atoms with E-state index in [0.29, 0.717) is 5.92 Å². The highest BCUT2D eigenvalue weighted by atomic mass is 32.2. The van der Waals surface area contributed by atoms with E-state index < -0.39 is 20.9 Å². The number of halogens is 1. The zero-order valence-corrected chi connectivity index (χ0v) is 11.1. The number of hydrogen-bond donors (Lipinski definition) is 1. The summed E-state index contributed by atoms with van der Waals surface area (Å²) in [7, 11) is -3.86. The second-order valence-corrected chi connectivity index (χ2v) is 6.37. The maximum atomic E-state index is 13.4. The summed E-state index contributed by atoms with van der Waals surface area (Å²) in [6.07, 6.45) is 5.59. The van der Waals surface area contributed by atoms with Gasteiger partial charge in [-0.05, 0) is 37.8 Å². The lowest BCUT2D eigenvalue weighted by atomic mass is 10.0. The number of aromatic nitrogens is 1. The van der Waals surface area contributed by atoms with Crippen molar-refractivity contribution in [1.29, 1.82) is 0 Å². The number of nitrogens with one attached hydrogen (secondary N) is 1. The average Bonchev–Trinajstić information content (AvgIpc) is 2.82. The molecular formula is C12H17FN2O2S. The Morgan fingerprint density at radius 2 is 2.11 bits per heavy atom. The van der Waals surface area contributed by atoms with E-state index >= 15 is 0 Å². The van der Waals surface area contributed by atoms with Crippen molar-refractivity contribution < 1.29 is 12.8 Å². The van der Waals surface area contributed by atoms with Crippen LogP contribution in [0.25, 0.3) is 0 Å². The SMILES string of the molecule is CC(NS(=O)(=O)c1ncccc1F)C1CCCC1. The minimum absolute atomic E-state index is 0.182. The monoisotopic (exact) mass is 272 g/mol. The minimum atomic E-state index is -3.86. The van der Waals surface area contributed by atoms with Gasteiger partial charge >= 0.3 is 0 Å². The van der Waals surface area contributed by atoms with Gasteiger partial charge in [-0.25, -0.2) is 22.5 Å². The second kappa shape index (κ2) is 5.32. The highest BCUT2D eigenvalue weighted by molar-refractivity contribution is 7.89. The van der Waals surface area contributed by atoms with Crippen molar-refractivity contribution >= 4 is 10.0 Å². The summed E-state index contributed by atoms with van der Waals surface area (Å²) in [6, 6.07) is 2.29. The maximum Gasteiger partial charge on any atom is 0.261 e. The molecule has 1 aromatic heterocycles. The summed E-state index contributed by atoms with van der Waals surface area (Å²) in [5.41, 5.74) is 0. The summed E-state index contributed by atoms with van der Waals surface area (Å²) < 4.78 is 40.0. The summed E-state index contributed by atoms with van der Waals surface area (Å²) in [5, 5.41) is -0.519. The van der Waals surface area contributed by atoms with Gasteiger partial charge in [0.05, 0.1) is 0 Å². The number of rotatable bonds is 4. The average molecular weight is 272 g/mol. The van der Waals surface area contributed by atoms with Crippen LogP contribution in [0.3, 0.4) is 0 Å². The van der Waals surface area contributed by atoms with Crippen LogP contribution in [-0.4, -0.2) is 19.4 Å². The van der Waals surface area contributed by atoms with Crippen molar-refractivity contribution in [3.63, 3.8) is 0 Å². The van der Waals surface area contributed by atoms with Crippen LogP contribution in [0, 0.1) is 11.7 Å². The molecular weight excluding hydrogens is 255 g/mol. The molecule has 18 heavy (non-hydrogen) atoms. The Kier molecular flexibility index (Phi) is 3.97. The van der Waals surface area contributed by atoms with Crippen LogP contribution in [0.1, 0.15) is 32.6 Å². The van der Waals surface area contributed by atoms with Gasteiger partial charge in [-0.15, -0.1) is 0 Å². The molecule has 0 aliphatic heterocycles. The van der Waals surface area contributed by atoms with Gasteiger partial charge < -0.3 is 0 Å². The van der Waals surface area contributed by atoms with Gasteiger partial charge in [-0.3, -0.25) is 0 Å². The van der Waals surface area contributed by atoms with E-state index in [0.717, 1.165) is 31.7 Å². The first-order valence-electron chi connectivity index (χ1n) is 6.13. The van der Waals surface area contributed by atoms with Crippen molar-refractivity contribution in [3.05, 3.63) is 24.1 Å². The van der Waals surface area contributed by atoms with Gasteiger partial charge in [0.1, 0.15) is 0 Å². The van der Waals surface area contributed by atoms with Gasteiger partial charge in [-0.1, -0.05) is 12.8 Å². The van der Waals surface area contributed by atoms with Crippen molar-refractivity contribution in [3.8, 4) is 0 Å². The van der Waals surface area contributed by atoms with Gasteiger partial charge in [0.25, 0.3) is 10.0 Å². The van der Waals surface area contributed by atoms with E-state index in [2.05, 4.69) is 9.71 Å². The molecule has 0 amide bonds. The first-order chi connectivity index (χ1) is 8.50. The quantitative estimate of drug-likeness (QED) is 0.913. The fraction of sp³-hybridized carbons (Fsp3) is 0.583. The van der Waals surface area contributed by atoms with Crippen molar-refractivity contribution in [1.82, 2.24) is 9.71 Å². The van der Waals surface area contributed by atoms with Gasteiger partial charge in [0.15, 0.2) is 5.82 Å². The van der Waals surface area contributed by atoms with Crippen LogP contribution in [0.5, 0.6) is 0 Å². The lowest BCUT2D eigenvalue weighted by Crippen LogP contribution is -2.37. The predicted molar refractivity (Wildman–Crippen MR) is 65.9 cm³/mol.